The van der Waals surface area contributed by atoms with Crippen LogP contribution in [0.5, 0.6) is 0 Å². The van der Waals surface area contributed by atoms with Gasteiger partial charge >= 0.3 is 0 Å². The molecule has 0 spiro atoms. The van der Waals surface area contributed by atoms with Gasteiger partial charge in [-0.25, -0.2) is 13.1 Å². The van der Waals surface area contributed by atoms with Crippen LogP contribution >= 0.6 is 0 Å². The summed E-state index contributed by atoms with van der Waals surface area (Å²) in [6.45, 7) is 10.8. The normalized spacial score (nSPS) is 12.2. The summed E-state index contributed by atoms with van der Waals surface area (Å²) in [5.74, 6) is -0.193. The maximum Gasteiger partial charge on any atom is 0.240 e. The first-order chi connectivity index (χ1) is 10.6. The van der Waals surface area contributed by atoms with E-state index in [4.69, 9.17) is 0 Å². The van der Waals surface area contributed by atoms with E-state index in [2.05, 4.69) is 42.6 Å². The Bertz CT molecular complexity index is 602. The molecule has 1 aromatic rings. The molecule has 0 unspecified atom stereocenters. The number of rotatable bonds is 8. The van der Waals surface area contributed by atoms with Crippen LogP contribution in [0.25, 0.3) is 0 Å². The van der Waals surface area contributed by atoms with Crippen molar-refractivity contribution in [2.75, 3.05) is 18.4 Å². The highest BCUT2D eigenvalue weighted by atomic mass is 32.2. The lowest BCUT2D eigenvalue weighted by Gasteiger charge is -2.30. The summed E-state index contributed by atoms with van der Waals surface area (Å²) in [6.07, 6.45) is 0. The molecule has 0 fully saturated rings. The number of hydrogen-bond donors (Lipinski definition) is 2. The van der Waals surface area contributed by atoms with Gasteiger partial charge in [0.1, 0.15) is 0 Å². The summed E-state index contributed by atoms with van der Waals surface area (Å²) in [7, 11) is -3.54. The van der Waals surface area contributed by atoms with E-state index in [1.807, 2.05) is 0 Å². The van der Waals surface area contributed by atoms with E-state index in [1.54, 1.807) is 12.1 Å². The van der Waals surface area contributed by atoms with E-state index in [0.29, 0.717) is 30.9 Å². The molecule has 0 heterocycles. The molecule has 130 valence electrons. The SMILES string of the molecule is CC(=O)Nc1ccc(S(=O)(=O)NCCN(C(C)C)C(C)C)cc1. The first-order valence-corrected chi connectivity index (χ1v) is 9.25. The average Bonchev–Trinajstić information content (AvgIpc) is 2.42. The largest absolute Gasteiger partial charge is 0.326 e. The van der Waals surface area contributed by atoms with Gasteiger partial charge in [0.05, 0.1) is 4.90 Å². The van der Waals surface area contributed by atoms with Gasteiger partial charge in [0.15, 0.2) is 0 Å². The lowest BCUT2D eigenvalue weighted by atomic mass is 10.2. The Morgan fingerprint density at radius 1 is 1.09 bits per heavy atom. The summed E-state index contributed by atoms with van der Waals surface area (Å²) >= 11 is 0. The molecule has 0 radical (unpaired) electrons. The molecular formula is C16H27N3O3S. The summed E-state index contributed by atoms with van der Waals surface area (Å²) in [6, 6.07) is 6.83. The van der Waals surface area contributed by atoms with Crippen molar-refractivity contribution in [2.45, 2.75) is 51.6 Å². The van der Waals surface area contributed by atoms with Crippen molar-refractivity contribution in [1.29, 1.82) is 0 Å². The van der Waals surface area contributed by atoms with Gasteiger partial charge in [0.2, 0.25) is 15.9 Å². The van der Waals surface area contributed by atoms with Gasteiger partial charge in [0, 0.05) is 37.8 Å². The number of benzene rings is 1. The van der Waals surface area contributed by atoms with Crippen LogP contribution in [0.3, 0.4) is 0 Å². The van der Waals surface area contributed by atoms with E-state index < -0.39 is 10.0 Å². The van der Waals surface area contributed by atoms with Crippen LogP contribution in [0.4, 0.5) is 5.69 Å². The first kappa shape index (κ1) is 19.6. The third-order valence-corrected chi connectivity index (χ3v) is 4.95. The van der Waals surface area contributed by atoms with E-state index in [9.17, 15) is 13.2 Å². The Labute approximate surface area is 139 Å². The molecule has 0 aliphatic rings. The number of nitrogens with zero attached hydrogens (tertiary/aromatic N) is 1. The molecule has 1 amide bonds. The fraction of sp³-hybridized carbons (Fsp3) is 0.562. The Morgan fingerprint density at radius 3 is 2.04 bits per heavy atom. The van der Waals surface area contributed by atoms with Crippen LogP contribution < -0.4 is 10.0 Å². The lowest BCUT2D eigenvalue weighted by molar-refractivity contribution is -0.114. The third-order valence-electron chi connectivity index (χ3n) is 3.47. The van der Waals surface area contributed by atoms with Gasteiger partial charge in [0.25, 0.3) is 0 Å². The maximum absolute atomic E-state index is 12.3. The lowest BCUT2D eigenvalue weighted by Crippen LogP contribution is -2.42. The quantitative estimate of drug-likeness (QED) is 0.758. The smallest absolute Gasteiger partial charge is 0.240 e. The van der Waals surface area contributed by atoms with Crippen molar-refractivity contribution in [2.24, 2.45) is 0 Å². The minimum atomic E-state index is -3.54. The van der Waals surface area contributed by atoms with Crippen molar-refractivity contribution in [3.63, 3.8) is 0 Å². The highest BCUT2D eigenvalue weighted by Crippen LogP contribution is 2.14. The topological polar surface area (TPSA) is 78.5 Å². The van der Waals surface area contributed by atoms with Gasteiger partial charge in [-0.2, -0.15) is 0 Å². The maximum atomic E-state index is 12.3. The number of carbonyl (C=O) groups is 1. The highest BCUT2D eigenvalue weighted by Gasteiger charge is 2.16. The zero-order valence-electron chi connectivity index (χ0n) is 14.5. The van der Waals surface area contributed by atoms with Gasteiger partial charge in [-0.1, -0.05) is 0 Å². The molecular weight excluding hydrogens is 314 g/mol. The molecule has 7 heteroatoms. The summed E-state index contributed by atoms with van der Waals surface area (Å²) in [4.78, 5) is 13.4. The summed E-state index contributed by atoms with van der Waals surface area (Å²) < 4.78 is 27.2. The zero-order valence-corrected chi connectivity index (χ0v) is 15.3. The van der Waals surface area contributed by atoms with Crippen molar-refractivity contribution >= 4 is 21.6 Å². The molecule has 0 saturated carbocycles. The third kappa shape index (κ3) is 6.29. The minimum Gasteiger partial charge on any atom is -0.326 e. The zero-order chi connectivity index (χ0) is 17.6. The monoisotopic (exact) mass is 341 g/mol. The number of amides is 1. The van der Waals surface area contributed by atoms with Crippen molar-refractivity contribution in [3.05, 3.63) is 24.3 Å². The predicted molar refractivity (Wildman–Crippen MR) is 92.9 cm³/mol. The summed E-state index contributed by atoms with van der Waals surface area (Å²) in [5.41, 5.74) is 0.572. The Kier molecular flexibility index (Phi) is 7.18. The number of nitrogens with one attached hydrogen (secondary N) is 2. The second kappa shape index (κ2) is 8.42. The molecule has 0 atom stereocenters. The molecule has 0 aliphatic carbocycles. The van der Waals surface area contributed by atoms with Crippen LogP contribution in [0.1, 0.15) is 34.6 Å². The number of anilines is 1. The fourth-order valence-electron chi connectivity index (χ4n) is 2.43. The van der Waals surface area contributed by atoms with Gasteiger partial charge in [-0.05, 0) is 52.0 Å². The van der Waals surface area contributed by atoms with E-state index in [0.717, 1.165) is 0 Å². The number of sulfonamides is 1. The van der Waals surface area contributed by atoms with Crippen LogP contribution in [-0.4, -0.2) is 44.4 Å². The minimum absolute atomic E-state index is 0.187. The fourth-order valence-corrected chi connectivity index (χ4v) is 3.45. The van der Waals surface area contributed by atoms with Crippen LogP contribution in [0, 0.1) is 0 Å². The summed E-state index contributed by atoms with van der Waals surface area (Å²) in [5, 5.41) is 2.61. The molecule has 0 aliphatic heterocycles. The molecule has 1 rings (SSSR count). The first-order valence-electron chi connectivity index (χ1n) is 7.76. The van der Waals surface area contributed by atoms with Gasteiger partial charge in [-0.3, -0.25) is 9.69 Å². The van der Waals surface area contributed by atoms with E-state index >= 15 is 0 Å². The van der Waals surface area contributed by atoms with Gasteiger partial charge in [-0.15, -0.1) is 0 Å². The highest BCUT2D eigenvalue weighted by molar-refractivity contribution is 7.89. The number of hydrogen-bond acceptors (Lipinski definition) is 4. The second-order valence-corrected chi connectivity index (χ2v) is 7.80. The molecule has 0 bridgehead atoms. The second-order valence-electron chi connectivity index (χ2n) is 6.03. The van der Waals surface area contributed by atoms with Crippen molar-refractivity contribution in [1.82, 2.24) is 9.62 Å². The molecule has 0 aromatic heterocycles. The van der Waals surface area contributed by atoms with Crippen molar-refractivity contribution in [3.8, 4) is 0 Å². The average molecular weight is 341 g/mol. The van der Waals surface area contributed by atoms with Gasteiger partial charge < -0.3 is 5.32 Å². The van der Waals surface area contributed by atoms with Crippen LogP contribution in [0.2, 0.25) is 0 Å². The van der Waals surface area contributed by atoms with Crippen molar-refractivity contribution < 1.29 is 13.2 Å². The predicted octanol–water partition coefficient (Wildman–Crippen LogP) is 2.04. The molecule has 1 aromatic carbocycles. The van der Waals surface area contributed by atoms with Crippen LogP contribution in [-0.2, 0) is 14.8 Å². The Morgan fingerprint density at radius 2 is 1.61 bits per heavy atom. The Hall–Kier alpha value is -1.44. The standard InChI is InChI=1S/C16H27N3O3S/c1-12(2)19(13(3)4)11-10-17-23(21,22)16-8-6-15(7-9-16)18-14(5)20/h6-9,12-13,17H,10-11H2,1-5H3,(H,18,20). The van der Waals surface area contributed by atoms with E-state index in [-0.39, 0.29) is 10.8 Å². The molecule has 23 heavy (non-hydrogen) atoms. The molecule has 6 nitrogen and oxygen atoms in total. The van der Waals surface area contributed by atoms with E-state index in [1.165, 1.54) is 19.1 Å². The molecule has 0 saturated heterocycles. The Balaban J connectivity index is 2.67. The van der Waals surface area contributed by atoms with Crippen LogP contribution in [0.15, 0.2) is 29.2 Å². The number of carbonyl (C=O) groups excluding carboxylic acids is 1. The molecule has 2 N–H and O–H groups in total.